The van der Waals surface area contributed by atoms with Gasteiger partial charge in [0.05, 0.1) is 25.7 Å². The summed E-state index contributed by atoms with van der Waals surface area (Å²) in [6, 6.07) is 13.7. The summed E-state index contributed by atoms with van der Waals surface area (Å²) in [5, 5.41) is 50.4. The Morgan fingerprint density at radius 2 is 1.39 bits per heavy atom. The number of hydrogen-bond donors (Lipinski definition) is 8. The third kappa shape index (κ3) is 19.7. The number of Topliss-reactive ketones (excluding diaryl/α,β-unsaturated/α-hetero) is 1. The molecule has 0 radical (unpaired) electrons. The molecule has 0 spiro atoms. The number of aliphatic carboxylic acids is 4. The fraction of sp³-hybridized carbons (Fsp3) is 0.545. The number of carboxylic acids is 4. The summed E-state index contributed by atoms with van der Waals surface area (Å²) < 4.78 is 0. The molecule has 4 unspecified atom stereocenters. The molecule has 64 heavy (non-hydrogen) atoms. The van der Waals surface area contributed by atoms with Crippen LogP contribution in [0.4, 0.5) is 5.69 Å². The Hall–Kier alpha value is -5.15. The largest absolute Gasteiger partial charge is 0.480 e. The monoisotopic (exact) mass is 929 g/mol. The van der Waals surface area contributed by atoms with E-state index in [1.165, 1.54) is 0 Å². The van der Waals surface area contributed by atoms with E-state index < -0.39 is 53.8 Å². The first-order valence-corrected chi connectivity index (χ1v) is 23.1. The molecule has 1 fully saturated rings. The molecule has 2 aromatic carbocycles. The summed E-state index contributed by atoms with van der Waals surface area (Å²) in [7, 11) is 0. The highest BCUT2D eigenvalue weighted by Crippen LogP contribution is 2.20. The average molecular weight is 930 g/mol. The van der Waals surface area contributed by atoms with Crippen LogP contribution in [0, 0.1) is 11.8 Å². The summed E-state index contributed by atoms with van der Waals surface area (Å²) in [4.78, 5) is 92.0. The highest BCUT2D eigenvalue weighted by atomic mass is 32.2. The van der Waals surface area contributed by atoms with E-state index in [1.54, 1.807) is 76.7 Å². The van der Waals surface area contributed by atoms with Gasteiger partial charge in [-0.25, -0.2) is 4.79 Å². The molecular formula is C44H63N7O11S2. The third-order valence-corrected chi connectivity index (χ3v) is 11.7. The van der Waals surface area contributed by atoms with Crippen LogP contribution in [0.3, 0.4) is 0 Å². The minimum atomic E-state index is -1.19. The van der Waals surface area contributed by atoms with Crippen molar-refractivity contribution in [3.05, 3.63) is 65.7 Å². The number of thioether (sulfide) groups is 1. The maximum atomic E-state index is 13.8. The fourth-order valence-electron chi connectivity index (χ4n) is 7.38. The van der Waals surface area contributed by atoms with E-state index in [2.05, 4.69) is 21.3 Å². The Kier molecular flexibility index (Phi) is 23.2. The van der Waals surface area contributed by atoms with Crippen molar-refractivity contribution in [3.8, 4) is 0 Å². The van der Waals surface area contributed by atoms with Gasteiger partial charge in [0.15, 0.2) is 10.9 Å². The van der Waals surface area contributed by atoms with Gasteiger partial charge in [-0.05, 0) is 92.1 Å². The Bertz CT molecular complexity index is 1870. The quantitative estimate of drug-likeness (QED) is 0.0498. The molecule has 3 rings (SSSR count). The second kappa shape index (κ2) is 27.9. The lowest BCUT2D eigenvalue weighted by Gasteiger charge is -2.33. The molecule has 0 saturated carbocycles. The van der Waals surface area contributed by atoms with Gasteiger partial charge in [0.1, 0.15) is 6.04 Å². The second-order valence-electron chi connectivity index (χ2n) is 16.2. The maximum absolute atomic E-state index is 13.8. The lowest BCUT2D eigenvalue weighted by atomic mass is 9.87. The van der Waals surface area contributed by atoms with E-state index in [9.17, 15) is 54.0 Å². The maximum Gasteiger partial charge on any atom is 0.326 e. The minimum Gasteiger partial charge on any atom is -0.480 e. The second-order valence-corrected chi connectivity index (χ2v) is 17.6. The molecule has 0 aromatic heterocycles. The van der Waals surface area contributed by atoms with Crippen LogP contribution in [0.25, 0.3) is 0 Å². The zero-order valence-corrected chi connectivity index (χ0v) is 38.3. The van der Waals surface area contributed by atoms with Gasteiger partial charge in [0.25, 0.3) is 5.91 Å². The number of hydrogen-bond acceptors (Lipinski definition) is 12. The molecule has 2 aromatic rings. The van der Waals surface area contributed by atoms with Crippen molar-refractivity contribution < 1.29 is 54.0 Å². The Morgan fingerprint density at radius 3 is 2.00 bits per heavy atom. The number of carbonyl (C=O) groups is 7. The zero-order valence-electron chi connectivity index (χ0n) is 36.7. The lowest BCUT2D eigenvalue weighted by Crippen LogP contribution is -2.49. The molecule has 1 aliphatic rings. The number of benzene rings is 2. The number of amides is 2. The predicted molar refractivity (Wildman–Crippen MR) is 248 cm³/mol. The van der Waals surface area contributed by atoms with Gasteiger partial charge in [-0.15, -0.1) is 0 Å². The normalized spacial score (nSPS) is 16.5. The number of nitrogens with zero attached hydrogens (tertiary/aromatic N) is 3. The van der Waals surface area contributed by atoms with Gasteiger partial charge in [-0.1, -0.05) is 44.2 Å². The topological polar surface area (TPSA) is 258 Å². The van der Waals surface area contributed by atoms with Crippen molar-refractivity contribution in [2.45, 2.75) is 70.5 Å². The SMILES string of the molecule is CSCCC(NC(=S)Nc1ccc(CC2CN(CC(=O)O)CCN(CC(=O)O)CCN2CC(=O)O)cc1)C(=O)CC(C(=O)NC(CCCCNC(=O)c1ccccc1)C(=O)O)C(C)C. The first-order valence-electron chi connectivity index (χ1n) is 21.3. The molecule has 352 valence electrons. The summed E-state index contributed by atoms with van der Waals surface area (Å²) in [6.45, 7) is 4.50. The standard InChI is InChI=1S/C44H63N7O11S2/c1-29(2)34(42(60)47-36(43(61)62)11-7-8-17-45-41(59)31-9-5-4-6-10-31)24-37(52)35(16-22-64-3)48-44(63)46-32-14-12-30(13-15-32)23-33-25-50(27-39(55)56)19-18-49(26-38(53)54)20-21-51(33)28-40(57)58/h4-6,9-10,12-15,29,33-36H,7-8,11,16-28H2,1-3H3,(H,45,59)(H,47,60)(H,53,54)(H,55,56)(H,57,58)(H,61,62)(H2,46,48,63). The number of rotatable bonds is 26. The van der Waals surface area contributed by atoms with E-state index in [1.807, 2.05) is 24.5 Å². The van der Waals surface area contributed by atoms with Crippen LogP contribution in [0.2, 0.25) is 0 Å². The molecule has 20 heteroatoms. The van der Waals surface area contributed by atoms with Crippen molar-refractivity contribution in [2.75, 3.05) is 76.2 Å². The Balaban J connectivity index is 1.62. The van der Waals surface area contributed by atoms with Crippen molar-refractivity contribution in [1.82, 2.24) is 30.7 Å². The Morgan fingerprint density at radius 1 is 0.766 bits per heavy atom. The molecule has 2 amide bonds. The first-order chi connectivity index (χ1) is 30.4. The van der Waals surface area contributed by atoms with Gasteiger partial charge in [0, 0.05) is 68.9 Å². The molecule has 1 aliphatic heterocycles. The van der Waals surface area contributed by atoms with Gasteiger partial charge in [-0.3, -0.25) is 43.5 Å². The van der Waals surface area contributed by atoms with E-state index in [0.717, 1.165) is 5.56 Å². The number of carboxylic acid groups (broad SMARTS) is 4. The summed E-state index contributed by atoms with van der Waals surface area (Å²) in [6.07, 6.45) is 3.63. The van der Waals surface area contributed by atoms with Crippen molar-refractivity contribution >= 4 is 76.3 Å². The van der Waals surface area contributed by atoms with Crippen LogP contribution in [-0.4, -0.2) is 171 Å². The first kappa shape index (κ1) is 53.2. The van der Waals surface area contributed by atoms with E-state index in [4.69, 9.17) is 12.2 Å². The smallest absolute Gasteiger partial charge is 0.326 e. The van der Waals surface area contributed by atoms with Crippen LogP contribution < -0.4 is 21.3 Å². The third-order valence-electron chi connectivity index (χ3n) is 10.9. The molecule has 1 saturated heterocycles. The number of carbonyl (C=O) groups excluding carboxylic acids is 3. The molecule has 8 N–H and O–H groups in total. The van der Waals surface area contributed by atoms with Crippen LogP contribution >= 0.6 is 24.0 Å². The van der Waals surface area contributed by atoms with Crippen molar-refractivity contribution in [3.63, 3.8) is 0 Å². The number of ketones is 1. The van der Waals surface area contributed by atoms with Crippen molar-refractivity contribution in [2.24, 2.45) is 11.8 Å². The Labute approximate surface area is 383 Å². The highest BCUT2D eigenvalue weighted by molar-refractivity contribution is 7.98. The fourth-order valence-corrected chi connectivity index (χ4v) is 8.11. The summed E-state index contributed by atoms with van der Waals surface area (Å²) in [5.74, 6) is -5.82. The molecule has 18 nitrogen and oxygen atoms in total. The summed E-state index contributed by atoms with van der Waals surface area (Å²) in [5.41, 5.74) is 1.96. The highest BCUT2D eigenvalue weighted by Gasteiger charge is 2.32. The van der Waals surface area contributed by atoms with Crippen molar-refractivity contribution in [1.29, 1.82) is 0 Å². The van der Waals surface area contributed by atoms with Gasteiger partial charge in [-0.2, -0.15) is 11.8 Å². The van der Waals surface area contributed by atoms with E-state index in [-0.39, 0.29) is 68.3 Å². The predicted octanol–water partition coefficient (Wildman–Crippen LogP) is 2.58. The zero-order chi connectivity index (χ0) is 47.2. The van der Waals surface area contributed by atoms with Crippen LogP contribution in [0.15, 0.2) is 54.6 Å². The van der Waals surface area contributed by atoms with E-state index >= 15 is 0 Å². The molecule has 4 atom stereocenters. The van der Waals surface area contributed by atoms with Gasteiger partial charge < -0.3 is 41.7 Å². The average Bonchev–Trinajstić information content (AvgIpc) is 3.30. The molecule has 0 bridgehead atoms. The van der Waals surface area contributed by atoms with E-state index in [0.29, 0.717) is 68.9 Å². The molecule has 0 aliphatic carbocycles. The molecular weight excluding hydrogens is 867 g/mol. The van der Waals surface area contributed by atoms with Gasteiger partial charge >= 0.3 is 23.9 Å². The van der Waals surface area contributed by atoms with Crippen LogP contribution in [0.5, 0.6) is 0 Å². The van der Waals surface area contributed by atoms with Crippen LogP contribution in [-0.2, 0) is 35.2 Å². The lowest BCUT2D eigenvalue weighted by molar-refractivity contribution is -0.143. The number of unbranched alkanes of at least 4 members (excludes halogenated alkanes) is 1. The van der Waals surface area contributed by atoms with Crippen LogP contribution in [0.1, 0.15) is 61.9 Å². The minimum absolute atomic E-state index is 0.143. The summed E-state index contributed by atoms with van der Waals surface area (Å²) >= 11 is 7.16. The number of thiocarbonyl (C=S) groups is 1. The number of anilines is 1. The van der Waals surface area contributed by atoms with Gasteiger partial charge in [0.2, 0.25) is 5.91 Å². The molecule has 1 heterocycles. The number of nitrogens with one attached hydrogen (secondary N) is 4.